The van der Waals surface area contributed by atoms with Crippen LogP contribution in [-0.2, 0) is 6.54 Å². The highest BCUT2D eigenvalue weighted by atomic mass is 16.5. The first-order valence-electron chi connectivity index (χ1n) is 10.5. The van der Waals surface area contributed by atoms with Crippen LogP contribution in [0.3, 0.4) is 0 Å². The number of aliphatic imine (C=N–C) groups is 1. The molecule has 1 fully saturated rings. The van der Waals surface area contributed by atoms with Crippen molar-refractivity contribution in [2.24, 2.45) is 4.99 Å². The average molecular weight is 416 g/mol. The largest absolute Gasteiger partial charge is 0.497 e. The molecule has 0 atom stereocenters. The van der Waals surface area contributed by atoms with Gasteiger partial charge in [-0.1, -0.05) is 0 Å². The fourth-order valence-corrected chi connectivity index (χ4v) is 3.61. The van der Waals surface area contributed by atoms with Gasteiger partial charge in [0.15, 0.2) is 5.96 Å². The molecule has 9 heteroatoms. The third kappa shape index (κ3) is 6.27. The molecular weight excluding hydrogens is 382 g/mol. The van der Waals surface area contributed by atoms with Gasteiger partial charge >= 0.3 is 0 Å². The summed E-state index contributed by atoms with van der Waals surface area (Å²) < 4.78 is 12.8. The molecule has 0 radical (unpaired) electrons. The minimum absolute atomic E-state index is 0.414. The summed E-state index contributed by atoms with van der Waals surface area (Å²) in [5, 5.41) is 14.6. The molecule has 0 aliphatic carbocycles. The second-order valence-corrected chi connectivity index (χ2v) is 7.38. The number of rotatable bonds is 9. The van der Waals surface area contributed by atoms with E-state index in [0.717, 1.165) is 75.0 Å². The Balaban J connectivity index is 1.40. The number of methoxy groups -OCH3 is 2. The van der Waals surface area contributed by atoms with Gasteiger partial charge in [-0.3, -0.25) is 4.99 Å². The van der Waals surface area contributed by atoms with Crippen LogP contribution in [0.2, 0.25) is 0 Å². The van der Waals surface area contributed by atoms with Crippen LogP contribution in [0, 0.1) is 0 Å². The Kier molecular flexibility index (Phi) is 8.17. The maximum atomic E-state index is 5.40. The van der Waals surface area contributed by atoms with Crippen molar-refractivity contribution in [2.75, 3.05) is 45.8 Å². The van der Waals surface area contributed by atoms with Crippen LogP contribution in [0.5, 0.6) is 11.5 Å². The molecule has 1 aromatic heterocycles. The summed E-state index contributed by atoms with van der Waals surface area (Å²) in [6.45, 7) is 3.78. The summed E-state index contributed by atoms with van der Waals surface area (Å²) in [4.78, 5) is 6.75. The monoisotopic (exact) mass is 415 g/mol. The van der Waals surface area contributed by atoms with E-state index < -0.39 is 0 Å². The molecule has 0 unspecified atom stereocenters. The number of ether oxygens (including phenoxy) is 2. The van der Waals surface area contributed by atoms with E-state index in [1.54, 1.807) is 26.9 Å². The van der Waals surface area contributed by atoms with E-state index >= 15 is 0 Å². The van der Waals surface area contributed by atoms with Crippen LogP contribution >= 0.6 is 0 Å². The Morgan fingerprint density at radius 3 is 2.33 bits per heavy atom. The maximum Gasteiger partial charge on any atom is 0.191 e. The van der Waals surface area contributed by atoms with E-state index in [-0.39, 0.29) is 0 Å². The van der Waals surface area contributed by atoms with Crippen molar-refractivity contribution in [2.45, 2.75) is 38.3 Å². The molecule has 9 nitrogen and oxygen atoms in total. The number of piperidine rings is 1. The number of aryl methyl sites for hydroxylation is 1. The van der Waals surface area contributed by atoms with E-state index in [4.69, 9.17) is 9.47 Å². The number of nitrogens with zero attached hydrogens (tertiary/aromatic N) is 5. The summed E-state index contributed by atoms with van der Waals surface area (Å²) in [6, 6.07) is 6.45. The predicted octanol–water partition coefficient (Wildman–Crippen LogP) is 1.91. The Labute approximate surface area is 178 Å². The van der Waals surface area contributed by atoms with Gasteiger partial charge in [0.05, 0.1) is 14.2 Å². The van der Waals surface area contributed by atoms with Gasteiger partial charge < -0.3 is 29.6 Å². The molecule has 3 rings (SSSR count). The average Bonchev–Trinajstić information content (AvgIpc) is 3.31. The number of nitrogens with one attached hydrogen (secondary N) is 2. The molecule has 2 aromatic rings. The molecule has 1 aromatic carbocycles. The lowest BCUT2D eigenvalue weighted by Gasteiger charge is -2.34. The minimum Gasteiger partial charge on any atom is -0.497 e. The zero-order valence-corrected chi connectivity index (χ0v) is 18.2. The van der Waals surface area contributed by atoms with Gasteiger partial charge in [-0.25, -0.2) is 0 Å². The van der Waals surface area contributed by atoms with Crippen molar-refractivity contribution < 1.29 is 9.47 Å². The van der Waals surface area contributed by atoms with Crippen LogP contribution in [0.15, 0.2) is 35.8 Å². The smallest absolute Gasteiger partial charge is 0.191 e. The Bertz CT molecular complexity index is 764. The quantitative estimate of drug-likeness (QED) is 0.367. The predicted molar refractivity (Wildman–Crippen MR) is 119 cm³/mol. The summed E-state index contributed by atoms with van der Waals surface area (Å²) in [5.74, 6) is 2.51. The van der Waals surface area contributed by atoms with Crippen LogP contribution in [0.4, 0.5) is 5.69 Å². The third-order valence-electron chi connectivity index (χ3n) is 5.36. The number of guanidine groups is 1. The highest BCUT2D eigenvalue weighted by Crippen LogP contribution is 2.30. The van der Waals surface area contributed by atoms with E-state index in [1.807, 2.05) is 17.7 Å². The molecule has 30 heavy (non-hydrogen) atoms. The van der Waals surface area contributed by atoms with Gasteiger partial charge in [0.1, 0.15) is 24.2 Å². The third-order valence-corrected chi connectivity index (χ3v) is 5.36. The molecule has 0 amide bonds. The second-order valence-electron chi connectivity index (χ2n) is 7.38. The molecule has 1 saturated heterocycles. The summed E-state index contributed by atoms with van der Waals surface area (Å²) >= 11 is 0. The SMILES string of the molecule is CN=C(NCCCCn1cnnc1)NC1CCN(c2cc(OC)cc(OC)c2)CC1. The zero-order chi connectivity index (χ0) is 21.2. The molecule has 164 valence electrons. The number of anilines is 1. The summed E-state index contributed by atoms with van der Waals surface area (Å²) in [7, 11) is 5.19. The van der Waals surface area contributed by atoms with Crippen molar-refractivity contribution in [1.82, 2.24) is 25.4 Å². The van der Waals surface area contributed by atoms with E-state index in [2.05, 4.69) is 42.9 Å². The first-order valence-corrected chi connectivity index (χ1v) is 10.5. The molecule has 0 saturated carbocycles. The normalized spacial score (nSPS) is 15.2. The van der Waals surface area contributed by atoms with Gasteiger partial charge in [-0.15, -0.1) is 10.2 Å². The van der Waals surface area contributed by atoms with Crippen molar-refractivity contribution in [1.29, 1.82) is 0 Å². The van der Waals surface area contributed by atoms with Crippen LogP contribution in [-0.4, -0.2) is 67.7 Å². The van der Waals surface area contributed by atoms with Crippen LogP contribution < -0.4 is 25.0 Å². The fraction of sp³-hybridized carbons (Fsp3) is 0.571. The first-order chi connectivity index (χ1) is 14.7. The molecule has 0 bridgehead atoms. The molecule has 1 aliphatic heterocycles. The number of unbranched alkanes of at least 4 members (excludes halogenated alkanes) is 1. The highest BCUT2D eigenvalue weighted by Gasteiger charge is 2.21. The topological polar surface area (TPSA) is 88.8 Å². The summed E-state index contributed by atoms with van der Waals surface area (Å²) in [5.41, 5.74) is 1.14. The lowest BCUT2D eigenvalue weighted by atomic mass is 10.0. The Morgan fingerprint density at radius 1 is 1.07 bits per heavy atom. The van der Waals surface area contributed by atoms with Crippen molar-refractivity contribution >= 4 is 11.6 Å². The number of benzene rings is 1. The van der Waals surface area contributed by atoms with E-state index in [1.165, 1.54) is 0 Å². The summed E-state index contributed by atoms with van der Waals surface area (Å²) in [6.07, 6.45) is 7.74. The van der Waals surface area contributed by atoms with Crippen molar-refractivity contribution in [3.8, 4) is 11.5 Å². The maximum absolute atomic E-state index is 5.40. The first kappa shape index (κ1) is 21.7. The molecule has 2 N–H and O–H groups in total. The van der Waals surface area contributed by atoms with E-state index in [9.17, 15) is 0 Å². The van der Waals surface area contributed by atoms with Crippen molar-refractivity contribution in [3.63, 3.8) is 0 Å². The lowest BCUT2D eigenvalue weighted by molar-refractivity contribution is 0.393. The number of hydrogen-bond donors (Lipinski definition) is 2. The highest BCUT2D eigenvalue weighted by molar-refractivity contribution is 5.80. The van der Waals surface area contributed by atoms with Gasteiger partial charge in [-0.2, -0.15) is 0 Å². The van der Waals surface area contributed by atoms with Crippen molar-refractivity contribution in [3.05, 3.63) is 30.9 Å². The molecule has 0 spiro atoms. The van der Waals surface area contributed by atoms with Gasteiger partial charge in [-0.05, 0) is 25.7 Å². The molecular formula is C21H33N7O2. The van der Waals surface area contributed by atoms with Gasteiger partial charge in [0.25, 0.3) is 0 Å². The molecule has 2 heterocycles. The van der Waals surface area contributed by atoms with E-state index in [0.29, 0.717) is 6.04 Å². The van der Waals surface area contributed by atoms with Crippen LogP contribution in [0.1, 0.15) is 25.7 Å². The second kappa shape index (κ2) is 11.3. The lowest BCUT2D eigenvalue weighted by Crippen LogP contribution is -2.48. The zero-order valence-electron chi connectivity index (χ0n) is 18.2. The number of hydrogen-bond acceptors (Lipinski definition) is 6. The fourth-order valence-electron chi connectivity index (χ4n) is 3.61. The van der Waals surface area contributed by atoms with Crippen LogP contribution in [0.25, 0.3) is 0 Å². The van der Waals surface area contributed by atoms with Gasteiger partial charge in [0.2, 0.25) is 0 Å². The number of aromatic nitrogens is 3. The Morgan fingerprint density at radius 2 is 1.73 bits per heavy atom. The molecule has 1 aliphatic rings. The Hall–Kier alpha value is -2.97. The standard InChI is InChI=1S/C21H33N7O2/c1-22-21(23-8-4-5-9-27-15-24-25-16-27)26-17-6-10-28(11-7-17)18-12-19(29-2)14-20(13-18)30-3/h12-17H,4-11H2,1-3H3,(H2,22,23,26). The minimum atomic E-state index is 0.414. The van der Waals surface area contributed by atoms with Gasteiger partial charge in [0, 0.05) is 63.2 Å².